The number of nitrogens with zero attached hydrogens (tertiary/aromatic N) is 1. The zero-order chi connectivity index (χ0) is 22.4. The Labute approximate surface area is 184 Å². The van der Waals surface area contributed by atoms with Crippen molar-refractivity contribution < 1.29 is 22.3 Å². The maximum atomic E-state index is 13.2. The van der Waals surface area contributed by atoms with Gasteiger partial charge in [0.2, 0.25) is 10.0 Å². The number of halogens is 2. The third kappa shape index (κ3) is 6.00. The minimum Gasteiger partial charge on any atom is -0.497 e. The van der Waals surface area contributed by atoms with Crippen molar-refractivity contribution in [1.29, 1.82) is 0 Å². The first-order valence-electron chi connectivity index (χ1n) is 9.09. The number of methoxy groups -OCH3 is 1. The predicted octanol–water partition coefficient (Wildman–Crippen LogP) is 3.29. The molecule has 0 aliphatic rings. The van der Waals surface area contributed by atoms with Crippen molar-refractivity contribution in [3.63, 3.8) is 0 Å². The van der Waals surface area contributed by atoms with Crippen molar-refractivity contribution in [2.24, 2.45) is 0 Å². The van der Waals surface area contributed by atoms with Crippen molar-refractivity contribution in [1.82, 2.24) is 15.0 Å². The number of carbonyl (C=O) groups excluding carboxylic acids is 1. The molecular formula is C21H19ClFN3O4S. The zero-order valence-corrected chi connectivity index (χ0v) is 18.0. The minimum atomic E-state index is -3.89. The normalized spacial score (nSPS) is 11.2. The van der Waals surface area contributed by atoms with Crippen LogP contribution in [0.4, 0.5) is 4.39 Å². The molecule has 0 aliphatic heterocycles. The van der Waals surface area contributed by atoms with Crippen molar-refractivity contribution in [2.45, 2.75) is 18.0 Å². The molecule has 2 aromatic carbocycles. The summed E-state index contributed by atoms with van der Waals surface area (Å²) in [5, 5.41) is 2.48. The number of hydrogen-bond acceptors (Lipinski definition) is 5. The van der Waals surface area contributed by atoms with Gasteiger partial charge in [-0.25, -0.2) is 17.5 Å². The predicted molar refractivity (Wildman–Crippen MR) is 114 cm³/mol. The number of ether oxygens (including phenoxy) is 1. The van der Waals surface area contributed by atoms with Gasteiger partial charge in [0.25, 0.3) is 5.91 Å². The molecule has 10 heteroatoms. The Morgan fingerprint density at radius 1 is 1.10 bits per heavy atom. The maximum absolute atomic E-state index is 13.2. The Kier molecular flexibility index (Phi) is 7.21. The van der Waals surface area contributed by atoms with Crippen LogP contribution in [0.25, 0.3) is 0 Å². The summed E-state index contributed by atoms with van der Waals surface area (Å²) in [6.45, 7) is 0.246. The lowest BCUT2D eigenvalue weighted by Crippen LogP contribution is -2.25. The quantitative estimate of drug-likeness (QED) is 0.534. The van der Waals surface area contributed by atoms with Crippen LogP contribution >= 0.6 is 11.6 Å². The molecule has 0 aliphatic carbocycles. The monoisotopic (exact) mass is 463 g/mol. The Balaban J connectivity index is 1.58. The summed E-state index contributed by atoms with van der Waals surface area (Å²) in [6.07, 6.45) is 1.40. The number of benzene rings is 2. The van der Waals surface area contributed by atoms with Crippen LogP contribution in [0.1, 0.15) is 21.6 Å². The first-order chi connectivity index (χ1) is 14.8. The molecule has 1 heterocycles. The maximum Gasteiger partial charge on any atom is 0.270 e. The van der Waals surface area contributed by atoms with E-state index in [9.17, 15) is 17.6 Å². The third-order valence-corrected chi connectivity index (χ3v) is 6.00. The molecule has 2 N–H and O–H groups in total. The van der Waals surface area contributed by atoms with Gasteiger partial charge in [0, 0.05) is 19.3 Å². The van der Waals surface area contributed by atoms with E-state index in [1.54, 1.807) is 13.2 Å². The molecule has 0 bridgehead atoms. The van der Waals surface area contributed by atoms with E-state index >= 15 is 0 Å². The number of rotatable bonds is 8. The molecule has 0 spiro atoms. The summed E-state index contributed by atoms with van der Waals surface area (Å²) >= 11 is 5.64. The lowest BCUT2D eigenvalue weighted by atomic mass is 10.2. The summed E-state index contributed by atoms with van der Waals surface area (Å²) in [6, 6.07) is 13.5. The van der Waals surface area contributed by atoms with E-state index in [1.807, 2.05) is 24.3 Å². The van der Waals surface area contributed by atoms with Crippen LogP contribution in [-0.4, -0.2) is 26.4 Å². The number of sulfonamides is 1. The molecule has 0 atom stereocenters. The first kappa shape index (κ1) is 22.7. The molecule has 0 saturated heterocycles. The van der Waals surface area contributed by atoms with Crippen LogP contribution < -0.4 is 14.8 Å². The van der Waals surface area contributed by atoms with Crippen LogP contribution in [0.2, 0.25) is 5.02 Å². The van der Waals surface area contributed by atoms with E-state index in [0.29, 0.717) is 17.9 Å². The Hall–Kier alpha value is -3.01. The fraction of sp³-hybridized carbons (Fsp3) is 0.143. The van der Waals surface area contributed by atoms with Gasteiger partial charge in [0.05, 0.1) is 17.0 Å². The number of aromatic nitrogens is 1. The highest BCUT2D eigenvalue weighted by molar-refractivity contribution is 7.89. The van der Waals surface area contributed by atoms with Crippen LogP contribution in [-0.2, 0) is 23.1 Å². The molecule has 1 aromatic heterocycles. The highest BCUT2D eigenvalue weighted by Crippen LogP contribution is 2.19. The Morgan fingerprint density at radius 2 is 1.90 bits per heavy atom. The van der Waals surface area contributed by atoms with Crippen LogP contribution in [0.5, 0.6) is 5.75 Å². The first-order valence-corrected chi connectivity index (χ1v) is 11.0. The highest BCUT2D eigenvalue weighted by Gasteiger charge is 2.16. The minimum absolute atomic E-state index is 0.0595. The van der Waals surface area contributed by atoms with Gasteiger partial charge in [-0.05, 0) is 47.5 Å². The van der Waals surface area contributed by atoms with E-state index in [0.717, 1.165) is 23.8 Å². The van der Waals surface area contributed by atoms with Crippen LogP contribution in [0, 0.1) is 5.82 Å². The van der Waals surface area contributed by atoms with Crippen molar-refractivity contribution in [2.75, 3.05) is 7.11 Å². The van der Waals surface area contributed by atoms with Gasteiger partial charge in [-0.3, -0.25) is 9.78 Å². The van der Waals surface area contributed by atoms with E-state index in [-0.39, 0.29) is 28.1 Å². The SMILES string of the molecule is COc1cccc(CNC(=O)c2ccc(CNS(=O)(=O)c3ccc(F)c(Cl)c3)cn2)c1. The van der Waals surface area contributed by atoms with E-state index in [4.69, 9.17) is 16.3 Å². The van der Waals surface area contributed by atoms with E-state index in [2.05, 4.69) is 15.0 Å². The van der Waals surface area contributed by atoms with E-state index in [1.165, 1.54) is 12.3 Å². The van der Waals surface area contributed by atoms with E-state index < -0.39 is 15.8 Å². The summed E-state index contributed by atoms with van der Waals surface area (Å²) < 4.78 is 45.4. The van der Waals surface area contributed by atoms with Crippen molar-refractivity contribution in [3.05, 3.63) is 88.5 Å². The summed E-state index contributed by atoms with van der Waals surface area (Å²) in [5.74, 6) is -0.374. The van der Waals surface area contributed by atoms with Crippen molar-refractivity contribution >= 4 is 27.5 Å². The van der Waals surface area contributed by atoms with Gasteiger partial charge in [-0.1, -0.05) is 29.8 Å². The smallest absolute Gasteiger partial charge is 0.270 e. The zero-order valence-electron chi connectivity index (χ0n) is 16.4. The number of pyridine rings is 1. The average molecular weight is 464 g/mol. The second kappa shape index (κ2) is 9.86. The topological polar surface area (TPSA) is 97.4 Å². The molecular weight excluding hydrogens is 445 g/mol. The average Bonchev–Trinajstić information content (AvgIpc) is 2.78. The van der Waals surface area contributed by atoms with Gasteiger partial charge < -0.3 is 10.1 Å². The fourth-order valence-electron chi connectivity index (χ4n) is 2.62. The molecule has 0 radical (unpaired) electrons. The second-order valence-corrected chi connectivity index (χ2v) is 8.66. The summed E-state index contributed by atoms with van der Waals surface area (Å²) in [4.78, 5) is 16.2. The number of nitrogens with one attached hydrogen (secondary N) is 2. The van der Waals surface area contributed by atoms with Crippen LogP contribution in [0.15, 0.2) is 65.7 Å². The third-order valence-electron chi connectivity index (χ3n) is 4.31. The molecule has 1 amide bonds. The Bertz CT molecular complexity index is 1190. The number of hydrogen-bond donors (Lipinski definition) is 2. The van der Waals surface area contributed by atoms with Gasteiger partial charge in [0.15, 0.2) is 0 Å². The fourth-order valence-corrected chi connectivity index (χ4v) is 3.91. The lowest BCUT2D eigenvalue weighted by Gasteiger charge is -2.09. The van der Waals surface area contributed by atoms with Crippen molar-refractivity contribution in [3.8, 4) is 5.75 Å². The number of carbonyl (C=O) groups is 1. The second-order valence-electron chi connectivity index (χ2n) is 6.49. The molecule has 3 rings (SSSR count). The number of amides is 1. The largest absolute Gasteiger partial charge is 0.497 e. The molecule has 3 aromatic rings. The molecule has 0 saturated carbocycles. The lowest BCUT2D eigenvalue weighted by molar-refractivity contribution is 0.0946. The summed E-state index contributed by atoms with van der Waals surface area (Å²) in [5.41, 5.74) is 1.61. The molecule has 0 unspecified atom stereocenters. The van der Waals surface area contributed by atoms with Gasteiger partial charge in [-0.15, -0.1) is 0 Å². The molecule has 0 fully saturated rings. The summed E-state index contributed by atoms with van der Waals surface area (Å²) in [7, 11) is -2.32. The Morgan fingerprint density at radius 3 is 2.58 bits per heavy atom. The van der Waals surface area contributed by atoms with Gasteiger partial charge in [0.1, 0.15) is 17.3 Å². The molecule has 31 heavy (non-hydrogen) atoms. The van der Waals surface area contributed by atoms with Gasteiger partial charge >= 0.3 is 0 Å². The molecule has 162 valence electrons. The van der Waals surface area contributed by atoms with Crippen LogP contribution in [0.3, 0.4) is 0 Å². The standard InChI is InChI=1S/C21H19ClFN3O4S/c1-30-16-4-2-3-14(9-16)11-25-21(27)20-8-5-15(12-24-20)13-26-31(28,29)17-6-7-19(23)18(22)10-17/h2-10,12,26H,11,13H2,1H3,(H,25,27). The van der Waals surface area contributed by atoms with Gasteiger partial charge in [-0.2, -0.15) is 0 Å². The highest BCUT2D eigenvalue weighted by atomic mass is 35.5. The molecule has 7 nitrogen and oxygen atoms in total.